The molecule has 0 spiro atoms. The molecule has 12 heteroatoms. The maximum Gasteiger partial charge on any atom is 0.269 e. The highest BCUT2D eigenvalue weighted by molar-refractivity contribution is 9.10. The highest BCUT2D eigenvalue weighted by atomic mass is 79.9. The lowest BCUT2D eigenvalue weighted by molar-refractivity contribution is -0.121. The van der Waals surface area contributed by atoms with Crippen molar-refractivity contribution in [2.75, 3.05) is 27.9 Å². The number of nitrogens with one attached hydrogen (secondary N) is 3. The molecule has 0 fully saturated rings. The Bertz CT molecular complexity index is 966. The van der Waals surface area contributed by atoms with Crippen molar-refractivity contribution in [3.8, 4) is 23.0 Å². The molecular formula is C19H19BrClN3O6S. The predicted molar refractivity (Wildman–Crippen MR) is 122 cm³/mol. The summed E-state index contributed by atoms with van der Waals surface area (Å²) >= 11 is 14.3. The Balaban J connectivity index is 1.89. The first-order valence-corrected chi connectivity index (χ1v) is 10.1. The molecule has 0 bridgehead atoms. The largest absolute Gasteiger partial charge is 0.493 e. The summed E-state index contributed by atoms with van der Waals surface area (Å²) in [6.45, 7) is -0.329. The number of benzene rings is 2. The number of amides is 2. The number of carbonyl (C=O) groups excluding carboxylic acids is 2. The van der Waals surface area contributed by atoms with Crippen LogP contribution in [0, 0.1) is 0 Å². The number of carbonyl (C=O) groups is 2. The molecule has 2 aromatic carbocycles. The van der Waals surface area contributed by atoms with E-state index in [0.717, 1.165) is 4.47 Å². The van der Waals surface area contributed by atoms with Gasteiger partial charge in [-0.05, 0) is 42.5 Å². The Morgan fingerprint density at radius 3 is 2.19 bits per heavy atom. The summed E-state index contributed by atoms with van der Waals surface area (Å²) in [6.07, 6.45) is 0. The number of hydrogen-bond donors (Lipinski definition) is 3. The Kier molecular flexibility index (Phi) is 9.16. The molecule has 2 rings (SSSR count). The van der Waals surface area contributed by atoms with Gasteiger partial charge in [0.25, 0.3) is 11.8 Å². The van der Waals surface area contributed by atoms with E-state index in [1.807, 2.05) is 0 Å². The standard InChI is InChI=1S/C19H19BrClN3O6S/c1-27-14-6-10(7-15(28-2)17(14)29-3)18(26)23-24-19(31)22-16(25)9-30-13-5-4-11(20)8-12(13)21/h4-8H,9H2,1-3H3,(H,23,26)(H2,22,24,25,31). The molecule has 2 aromatic rings. The topological polar surface area (TPSA) is 107 Å². The van der Waals surface area contributed by atoms with E-state index in [9.17, 15) is 9.59 Å². The molecule has 166 valence electrons. The van der Waals surface area contributed by atoms with E-state index in [0.29, 0.717) is 28.0 Å². The number of rotatable bonds is 7. The lowest BCUT2D eigenvalue weighted by Gasteiger charge is -2.15. The molecule has 0 heterocycles. The molecule has 31 heavy (non-hydrogen) atoms. The van der Waals surface area contributed by atoms with Crippen LogP contribution in [-0.4, -0.2) is 44.9 Å². The van der Waals surface area contributed by atoms with Crippen molar-refractivity contribution in [2.24, 2.45) is 0 Å². The molecule has 0 aliphatic heterocycles. The monoisotopic (exact) mass is 531 g/mol. The van der Waals surface area contributed by atoms with Crippen LogP contribution in [0.15, 0.2) is 34.8 Å². The van der Waals surface area contributed by atoms with E-state index >= 15 is 0 Å². The van der Waals surface area contributed by atoms with E-state index in [1.165, 1.54) is 33.5 Å². The fraction of sp³-hybridized carbons (Fsp3) is 0.211. The fourth-order valence-corrected chi connectivity index (χ4v) is 3.22. The van der Waals surface area contributed by atoms with Gasteiger partial charge < -0.3 is 18.9 Å². The molecule has 2 amide bonds. The van der Waals surface area contributed by atoms with Gasteiger partial charge in [0, 0.05) is 10.0 Å². The summed E-state index contributed by atoms with van der Waals surface area (Å²) in [5.74, 6) is 0.225. The quantitative estimate of drug-likeness (QED) is 0.369. The Morgan fingerprint density at radius 2 is 1.65 bits per heavy atom. The van der Waals surface area contributed by atoms with Crippen LogP contribution in [0.4, 0.5) is 0 Å². The Morgan fingerprint density at radius 1 is 1.00 bits per heavy atom. The summed E-state index contributed by atoms with van der Waals surface area (Å²) in [5, 5.41) is 2.59. The fourth-order valence-electron chi connectivity index (χ4n) is 2.33. The molecule has 0 unspecified atom stereocenters. The lowest BCUT2D eigenvalue weighted by Crippen LogP contribution is -2.49. The number of thiocarbonyl (C=S) groups is 1. The first kappa shape index (κ1) is 24.5. The molecule has 0 saturated heterocycles. The minimum absolute atomic E-state index is 0.128. The molecule has 0 radical (unpaired) electrons. The summed E-state index contributed by atoms with van der Waals surface area (Å²) in [4.78, 5) is 24.4. The van der Waals surface area contributed by atoms with Crippen molar-refractivity contribution >= 4 is 56.7 Å². The van der Waals surface area contributed by atoms with Gasteiger partial charge in [-0.1, -0.05) is 27.5 Å². The summed E-state index contributed by atoms with van der Waals surface area (Å²) in [5.41, 5.74) is 5.01. The molecule has 0 aliphatic rings. The third-order valence-electron chi connectivity index (χ3n) is 3.72. The Hall–Kier alpha value is -2.76. The number of hydrazine groups is 1. The number of hydrogen-bond acceptors (Lipinski definition) is 7. The summed E-state index contributed by atoms with van der Waals surface area (Å²) in [7, 11) is 4.33. The molecule has 9 nitrogen and oxygen atoms in total. The van der Waals surface area contributed by atoms with Crippen molar-refractivity contribution < 1.29 is 28.5 Å². The third kappa shape index (κ3) is 6.88. The van der Waals surface area contributed by atoms with Gasteiger partial charge in [-0.3, -0.25) is 25.8 Å². The third-order valence-corrected chi connectivity index (χ3v) is 4.71. The van der Waals surface area contributed by atoms with Gasteiger partial charge >= 0.3 is 0 Å². The number of halogens is 2. The smallest absolute Gasteiger partial charge is 0.269 e. The zero-order chi connectivity index (χ0) is 23.0. The molecule has 0 saturated carbocycles. The van der Waals surface area contributed by atoms with Crippen LogP contribution >= 0.6 is 39.7 Å². The minimum Gasteiger partial charge on any atom is -0.493 e. The van der Waals surface area contributed by atoms with E-state index in [4.69, 9.17) is 42.8 Å². The van der Waals surface area contributed by atoms with Gasteiger partial charge in [0.2, 0.25) is 5.75 Å². The molecule has 0 aliphatic carbocycles. The van der Waals surface area contributed by atoms with Crippen LogP contribution in [0.1, 0.15) is 10.4 Å². The first-order valence-electron chi connectivity index (χ1n) is 8.57. The highest BCUT2D eigenvalue weighted by Crippen LogP contribution is 2.38. The first-order chi connectivity index (χ1) is 14.8. The second kappa shape index (κ2) is 11.6. The highest BCUT2D eigenvalue weighted by Gasteiger charge is 2.17. The zero-order valence-electron chi connectivity index (χ0n) is 16.7. The van der Waals surface area contributed by atoms with Gasteiger partial charge in [-0.25, -0.2) is 0 Å². The van der Waals surface area contributed by atoms with Gasteiger partial charge in [-0.15, -0.1) is 0 Å². The van der Waals surface area contributed by atoms with Crippen LogP contribution in [0.3, 0.4) is 0 Å². The second-order valence-corrected chi connectivity index (χ2v) is 7.46. The van der Waals surface area contributed by atoms with Gasteiger partial charge in [0.15, 0.2) is 23.2 Å². The minimum atomic E-state index is -0.547. The maximum atomic E-state index is 12.4. The van der Waals surface area contributed by atoms with Crippen molar-refractivity contribution in [3.63, 3.8) is 0 Å². The van der Waals surface area contributed by atoms with Gasteiger partial charge in [0.1, 0.15) is 5.75 Å². The van der Waals surface area contributed by atoms with Crippen LogP contribution in [0.25, 0.3) is 0 Å². The number of ether oxygens (including phenoxy) is 4. The van der Waals surface area contributed by atoms with Crippen molar-refractivity contribution in [1.82, 2.24) is 16.2 Å². The van der Waals surface area contributed by atoms with E-state index in [2.05, 4.69) is 32.1 Å². The van der Waals surface area contributed by atoms with E-state index < -0.39 is 11.8 Å². The summed E-state index contributed by atoms with van der Waals surface area (Å²) < 4.78 is 21.8. The van der Waals surface area contributed by atoms with Crippen LogP contribution in [0.5, 0.6) is 23.0 Å². The second-order valence-electron chi connectivity index (χ2n) is 5.73. The lowest BCUT2D eigenvalue weighted by atomic mass is 10.1. The summed E-state index contributed by atoms with van der Waals surface area (Å²) in [6, 6.07) is 7.92. The van der Waals surface area contributed by atoms with Gasteiger partial charge in [-0.2, -0.15) is 0 Å². The molecular weight excluding hydrogens is 514 g/mol. The van der Waals surface area contributed by atoms with E-state index in [-0.39, 0.29) is 17.3 Å². The normalized spacial score (nSPS) is 9.97. The van der Waals surface area contributed by atoms with Gasteiger partial charge in [0.05, 0.1) is 26.4 Å². The molecule has 0 aromatic heterocycles. The average Bonchev–Trinajstić information content (AvgIpc) is 2.75. The maximum absolute atomic E-state index is 12.4. The van der Waals surface area contributed by atoms with Crippen molar-refractivity contribution in [2.45, 2.75) is 0 Å². The van der Waals surface area contributed by atoms with E-state index in [1.54, 1.807) is 18.2 Å². The van der Waals surface area contributed by atoms with Crippen LogP contribution in [0.2, 0.25) is 5.02 Å². The Labute approximate surface area is 197 Å². The zero-order valence-corrected chi connectivity index (χ0v) is 19.9. The number of methoxy groups -OCH3 is 3. The van der Waals surface area contributed by atoms with Crippen LogP contribution < -0.4 is 35.1 Å². The molecule has 3 N–H and O–H groups in total. The molecule has 0 atom stereocenters. The van der Waals surface area contributed by atoms with Crippen molar-refractivity contribution in [3.05, 3.63) is 45.4 Å². The van der Waals surface area contributed by atoms with Crippen molar-refractivity contribution in [1.29, 1.82) is 0 Å². The predicted octanol–water partition coefficient (Wildman–Crippen LogP) is 2.84. The van der Waals surface area contributed by atoms with Crippen LogP contribution in [-0.2, 0) is 4.79 Å². The SMILES string of the molecule is COc1cc(C(=O)NNC(=S)NC(=O)COc2ccc(Br)cc2Cl)cc(OC)c1OC. The average molecular weight is 533 g/mol.